The highest BCUT2D eigenvalue weighted by molar-refractivity contribution is 5.96. The number of esters is 1. The summed E-state index contributed by atoms with van der Waals surface area (Å²) < 4.78 is 10.7. The Balaban J connectivity index is 1.73. The van der Waals surface area contributed by atoms with E-state index in [4.69, 9.17) is 20.6 Å². The fourth-order valence-electron chi connectivity index (χ4n) is 3.08. The molecule has 7 heteroatoms. The van der Waals surface area contributed by atoms with E-state index < -0.39 is 5.97 Å². The smallest absolute Gasteiger partial charge is 0.337 e. The van der Waals surface area contributed by atoms with Gasteiger partial charge in [-0.05, 0) is 42.8 Å². The maximum Gasteiger partial charge on any atom is 0.337 e. The first kappa shape index (κ1) is 22.6. The highest BCUT2D eigenvalue weighted by atomic mass is 16.5. The Morgan fingerprint density at radius 1 is 0.969 bits per heavy atom. The molecule has 3 aromatic rings. The number of aryl methyl sites for hydroxylation is 1. The van der Waals surface area contributed by atoms with E-state index in [0.717, 1.165) is 16.7 Å². The second-order valence-corrected chi connectivity index (χ2v) is 7.27. The van der Waals surface area contributed by atoms with Gasteiger partial charge in [-0.3, -0.25) is 10.2 Å². The van der Waals surface area contributed by atoms with E-state index in [1.54, 1.807) is 48.5 Å². The van der Waals surface area contributed by atoms with Crippen LogP contribution in [0.25, 0.3) is 0 Å². The third-order valence-electron chi connectivity index (χ3n) is 4.87. The number of carbonyl (C=O) groups excluding carboxylic acids is 2. The maximum atomic E-state index is 12.5. The van der Waals surface area contributed by atoms with Gasteiger partial charge in [0.05, 0.1) is 12.7 Å². The van der Waals surface area contributed by atoms with Crippen LogP contribution < -0.4 is 15.8 Å². The standard InChI is InChI=1S/C25H25N3O4/c1-16-4-3-5-20(12-16)24(29)28-14-21-11-10-19(23(26)27)13-22(21)32-15-17-6-8-18(9-7-17)25(30)31-2/h3-13H,14-15H2,1-2H3,(H3,26,27)(H,28,29). The maximum absolute atomic E-state index is 12.5. The Kier molecular flexibility index (Phi) is 7.23. The normalized spacial score (nSPS) is 10.3. The summed E-state index contributed by atoms with van der Waals surface area (Å²) in [5, 5.41) is 10.6. The number of benzene rings is 3. The average molecular weight is 431 g/mol. The molecular weight excluding hydrogens is 406 g/mol. The zero-order valence-corrected chi connectivity index (χ0v) is 18.0. The Bertz CT molecular complexity index is 1140. The molecule has 0 atom stereocenters. The van der Waals surface area contributed by atoms with E-state index in [1.807, 2.05) is 25.1 Å². The second kappa shape index (κ2) is 10.3. The third kappa shape index (κ3) is 5.72. The van der Waals surface area contributed by atoms with Gasteiger partial charge in [-0.1, -0.05) is 42.0 Å². The number of ether oxygens (including phenoxy) is 2. The van der Waals surface area contributed by atoms with Gasteiger partial charge in [-0.15, -0.1) is 0 Å². The fourth-order valence-corrected chi connectivity index (χ4v) is 3.08. The largest absolute Gasteiger partial charge is 0.489 e. The van der Waals surface area contributed by atoms with Crippen LogP contribution in [0.2, 0.25) is 0 Å². The van der Waals surface area contributed by atoms with Gasteiger partial charge in [0.25, 0.3) is 5.91 Å². The van der Waals surface area contributed by atoms with Crippen LogP contribution in [0.1, 0.15) is 43.0 Å². The van der Waals surface area contributed by atoms with Crippen molar-refractivity contribution in [3.8, 4) is 5.75 Å². The van der Waals surface area contributed by atoms with Gasteiger partial charge in [-0.25, -0.2) is 4.79 Å². The van der Waals surface area contributed by atoms with Crippen LogP contribution >= 0.6 is 0 Å². The lowest BCUT2D eigenvalue weighted by molar-refractivity contribution is 0.0600. The van der Waals surface area contributed by atoms with Crippen molar-refractivity contribution in [1.29, 1.82) is 5.41 Å². The molecule has 0 heterocycles. The Morgan fingerprint density at radius 3 is 2.34 bits per heavy atom. The number of nitrogens with two attached hydrogens (primary N) is 1. The van der Waals surface area contributed by atoms with Crippen LogP contribution in [0.15, 0.2) is 66.7 Å². The molecule has 0 spiro atoms. The van der Waals surface area contributed by atoms with Crippen molar-refractivity contribution in [2.75, 3.05) is 7.11 Å². The van der Waals surface area contributed by atoms with E-state index >= 15 is 0 Å². The Hall–Kier alpha value is -4.13. The molecule has 32 heavy (non-hydrogen) atoms. The van der Waals surface area contributed by atoms with Crippen LogP contribution in [0.5, 0.6) is 5.75 Å². The van der Waals surface area contributed by atoms with E-state index in [1.165, 1.54) is 7.11 Å². The molecule has 0 fully saturated rings. The molecule has 0 aliphatic rings. The number of amidine groups is 1. The number of hydrogen-bond donors (Lipinski definition) is 3. The monoisotopic (exact) mass is 431 g/mol. The van der Waals surface area contributed by atoms with Gasteiger partial charge in [0.15, 0.2) is 0 Å². The summed E-state index contributed by atoms with van der Waals surface area (Å²) in [6.45, 7) is 2.42. The van der Waals surface area contributed by atoms with E-state index in [2.05, 4.69) is 5.32 Å². The first-order valence-corrected chi connectivity index (χ1v) is 9.99. The minimum atomic E-state index is -0.404. The minimum absolute atomic E-state index is 0.0763. The topological polar surface area (TPSA) is 114 Å². The molecule has 0 bridgehead atoms. The molecule has 0 radical (unpaired) electrons. The molecule has 4 N–H and O–H groups in total. The number of carbonyl (C=O) groups is 2. The predicted octanol–water partition coefficient (Wildman–Crippen LogP) is 3.57. The number of hydrogen-bond acceptors (Lipinski definition) is 5. The van der Waals surface area contributed by atoms with Gasteiger partial charge in [-0.2, -0.15) is 0 Å². The van der Waals surface area contributed by atoms with E-state index in [9.17, 15) is 9.59 Å². The number of nitrogens with one attached hydrogen (secondary N) is 2. The number of amides is 1. The highest BCUT2D eigenvalue weighted by Crippen LogP contribution is 2.22. The molecule has 7 nitrogen and oxygen atoms in total. The SMILES string of the molecule is COC(=O)c1ccc(COc2cc(C(=N)N)ccc2CNC(=O)c2cccc(C)c2)cc1. The quantitative estimate of drug-likeness (QED) is 0.287. The van der Waals surface area contributed by atoms with Crippen molar-refractivity contribution in [2.24, 2.45) is 5.73 Å². The van der Waals surface area contributed by atoms with Crippen LogP contribution in [-0.4, -0.2) is 24.8 Å². The molecule has 0 unspecified atom stereocenters. The summed E-state index contributed by atoms with van der Waals surface area (Å²) in [6.07, 6.45) is 0. The van der Waals surface area contributed by atoms with Crippen molar-refractivity contribution in [2.45, 2.75) is 20.1 Å². The Morgan fingerprint density at radius 2 is 1.69 bits per heavy atom. The third-order valence-corrected chi connectivity index (χ3v) is 4.87. The summed E-state index contributed by atoms with van der Waals surface area (Å²) in [5.74, 6) is -0.154. The number of nitrogen functional groups attached to an aromatic ring is 1. The lowest BCUT2D eigenvalue weighted by Crippen LogP contribution is -2.23. The fraction of sp³-hybridized carbons (Fsp3) is 0.160. The molecule has 3 aromatic carbocycles. The summed E-state index contributed by atoms with van der Waals surface area (Å²) in [5.41, 5.74) is 9.79. The van der Waals surface area contributed by atoms with E-state index in [0.29, 0.717) is 22.4 Å². The van der Waals surface area contributed by atoms with Gasteiger partial charge in [0, 0.05) is 23.2 Å². The lowest BCUT2D eigenvalue weighted by atomic mass is 10.1. The molecule has 0 saturated heterocycles. The first-order chi connectivity index (χ1) is 15.4. The van der Waals surface area contributed by atoms with Crippen molar-refractivity contribution in [1.82, 2.24) is 5.32 Å². The summed E-state index contributed by atoms with van der Waals surface area (Å²) in [4.78, 5) is 24.1. The van der Waals surface area contributed by atoms with Gasteiger partial charge in [0.1, 0.15) is 18.2 Å². The van der Waals surface area contributed by atoms with Gasteiger partial charge in [0.2, 0.25) is 0 Å². The number of rotatable bonds is 8. The van der Waals surface area contributed by atoms with Crippen LogP contribution in [0.3, 0.4) is 0 Å². The number of methoxy groups -OCH3 is 1. The molecule has 3 rings (SSSR count). The van der Waals surface area contributed by atoms with Crippen LogP contribution in [0.4, 0.5) is 0 Å². The molecule has 0 aliphatic carbocycles. The second-order valence-electron chi connectivity index (χ2n) is 7.27. The Labute approximate surface area is 186 Å². The van der Waals surface area contributed by atoms with Crippen LogP contribution in [-0.2, 0) is 17.9 Å². The predicted molar refractivity (Wildman–Crippen MR) is 122 cm³/mol. The van der Waals surface area contributed by atoms with Crippen molar-refractivity contribution < 1.29 is 19.1 Å². The molecule has 164 valence electrons. The summed E-state index contributed by atoms with van der Waals surface area (Å²) >= 11 is 0. The molecule has 1 amide bonds. The molecule has 0 aliphatic heterocycles. The summed E-state index contributed by atoms with van der Waals surface area (Å²) in [7, 11) is 1.33. The molecule has 0 aromatic heterocycles. The van der Waals surface area contributed by atoms with Crippen molar-refractivity contribution >= 4 is 17.7 Å². The van der Waals surface area contributed by atoms with Gasteiger partial charge < -0.3 is 20.5 Å². The first-order valence-electron chi connectivity index (χ1n) is 9.99. The van der Waals surface area contributed by atoms with Crippen molar-refractivity contribution in [3.63, 3.8) is 0 Å². The zero-order chi connectivity index (χ0) is 23.1. The minimum Gasteiger partial charge on any atom is -0.489 e. The molecule has 0 saturated carbocycles. The zero-order valence-electron chi connectivity index (χ0n) is 18.0. The van der Waals surface area contributed by atoms with E-state index in [-0.39, 0.29) is 24.9 Å². The summed E-state index contributed by atoms with van der Waals surface area (Å²) in [6, 6.07) is 19.4. The van der Waals surface area contributed by atoms with Crippen LogP contribution in [0, 0.1) is 12.3 Å². The molecular formula is C25H25N3O4. The average Bonchev–Trinajstić information content (AvgIpc) is 2.81. The lowest BCUT2D eigenvalue weighted by Gasteiger charge is -2.14. The van der Waals surface area contributed by atoms with Gasteiger partial charge >= 0.3 is 5.97 Å². The highest BCUT2D eigenvalue weighted by Gasteiger charge is 2.11. The van der Waals surface area contributed by atoms with Crippen molar-refractivity contribution in [3.05, 3.63) is 100 Å².